The van der Waals surface area contributed by atoms with Crippen LogP contribution in [0, 0.1) is 6.92 Å². The van der Waals surface area contributed by atoms with Gasteiger partial charge in [0, 0.05) is 18.0 Å². The van der Waals surface area contributed by atoms with Crippen LogP contribution in [0.1, 0.15) is 21.0 Å². The van der Waals surface area contributed by atoms with Crippen molar-refractivity contribution in [3.8, 4) is 0 Å². The molecule has 90 valence electrons. The number of hydrogen-bond acceptors (Lipinski definition) is 5. The first-order chi connectivity index (χ1) is 8.28. The van der Waals surface area contributed by atoms with E-state index in [0.29, 0.717) is 0 Å². The Hall–Kier alpha value is -0.910. The summed E-state index contributed by atoms with van der Waals surface area (Å²) in [5, 5.41) is 12.4. The standard InChI is InChI=1S/C12H14N2OS2/c1-8-11(7-15)17-12(13-8)14-4-2-10-9(6-14)3-5-16-10/h3,5,15H,2,4,6-7H2,1H3. The third-order valence-electron chi connectivity index (χ3n) is 3.10. The Kier molecular flexibility index (Phi) is 2.90. The number of aliphatic hydroxyl groups excluding tert-OH is 1. The zero-order valence-corrected chi connectivity index (χ0v) is 11.3. The van der Waals surface area contributed by atoms with Crippen molar-refractivity contribution >= 4 is 27.8 Å². The molecule has 1 aliphatic rings. The first-order valence-electron chi connectivity index (χ1n) is 5.65. The molecule has 0 atom stereocenters. The van der Waals surface area contributed by atoms with E-state index in [-0.39, 0.29) is 6.61 Å². The zero-order valence-electron chi connectivity index (χ0n) is 9.64. The predicted octanol–water partition coefficient (Wildman–Crippen LogP) is 2.57. The summed E-state index contributed by atoms with van der Waals surface area (Å²) in [7, 11) is 0. The Morgan fingerprint density at radius 1 is 1.53 bits per heavy atom. The van der Waals surface area contributed by atoms with Crippen molar-refractivity contribution in [3.05, 3.63) is 32.5 Å². The molecule has 1 N–H and O–H groups in total. The van der Waals surface area contributed by atoms with Gasteiger partial charge in [-0.25, -0.2) is 4.98 Å². The molecule has 3 rings (SSSR count). The summed E-state index contributed by atoms with van der Waals surface area (Å²) in [5.41, 5.74) is 2.39. The van der Waals surface area contributed by atoms with Gasteiger partial charge in [0.2, 0.25) is 0 Å². The third-order valence-corrected chi connectivity index (χ3v) is 5.33. The first kappa shape index (κ1) is 11.2. The van der Waals surface area contributed by atoms with E-state index in [1.807, 2.05) is 18.3 Å². The Morgan fingerprint density at radius 2 is 2.41 bits per heavy atom. The largest absolute Gasteiger partial charge is 0.391 e. The van der Waals surface area contributed by atoms with Crippen LogP contribution in [0.4, 0.5) is 5.13 Å². The van der Waals surface area contributed by atoms with Gasteiger partial charge in [-0.05, 0) is 30.4 Å². The van der Waals surface area contributed by atoms with E-state index in [1.165, 1.54) is 10.4 Å². The monoisotopic (exact) mass is 266 g/mol. The van der Waals surface area contributed by atoms with Crippen molar-refractivity contribution in [1.82, 2.24) is 4.98 Å². The number of aryl methyl sites for hydroxylation is 1. The molecule has 0 aliphatic carbocycles. The molecule has 0 spiro atoms. The summed E-state index contributed by atoms with van der Waals surface area (Å²) in [6.07, 6.45) is 1.11. The van der Waals surface area contributed by atoms with Crippen LogP contribution >= 0.6 is 22.7 Å². The molecule has 0 amide bonds. The van der Waals surface area contributed by atoms with Crippen molar-refractivity contribution in [2.75, 3.05) is 11.4 Å². The highest BCUT2D eigenvalue weighted by atomic mass is 32.1. The van der Waals surface area contributed by atoms with E-state index < -0.39 is 0 Å². The van der Waals surface area contributed by atoms with Gasteiger partial charge in [0.05, 0.1) is 17.2 Å². The molecule has 3 nitrogen and oxygen atoms in total. The number of thiazole rings is 1. The molecule has 3 heterocycles. The number of fused-ring (bicyclic) bond motifs is 1. The highest BCUT2D eigenvalue weighted by molar-refractivity contribution is 7.15. The van der Waals surface area contributed by atoms with Gasteiger partial charge < -0.3 is 10.0 Å². The summed E-state index contributed by atoms with van der Waals surface area (Å²) in [6.45, 7) is 4.05. The summed E-state index contributed by atoms with van der Waals surface area (Å²) < 4.78 is 0. The number of rotatable bonds is 2. The zero-order chi connectivity index (χ0) is 11.8. The van der Waals surface area contributed by atoms with Gasteiger partial charge in [-0.3, -0.25) is 0 Å². The molecule has 0 bridgehead atoms. The van der Waals surface area contributed by atoms with E-state index in [0.717, 1.165) is 35.2 Å². The van der Waals surface area contributed by atoms with E-state index in [4.69, 9.17) is 0 Å². The fourth-order valence-corrected chi connectivity index (χ4v) is 3.94. The van der Waals surface area contributed by atoms with Gasteiger partial charge in [0.25, 0.3) is 0 Å². The van der Waals surface area contributed by atoms with Gasteiger partial charge in [-0.15, -0.1) is 11.3 Å². The first-order valence-corrected chi connectivity index (χ1v) is 7.35. The second-order valence-electron chi connectivity index (χ2n) is 4.20. The van der Waals surface area contributed by atoms with Crippen LogP contribution in [0.25, 0.3) is 0 Å². The Morgan fingerprint density at radius 3 is 3.18 bits per heavy atom. The average Bonchev–Trinajstić information content (AvgIpc) is 2.93. The lowest BCUT2D eigenvalue weighted by Gasteiger charge is -2.26. The molecule has 2 aromatic rings. The quantitative estimate of drug-likeness (QED) is 0.907. The molecule has 2 aromatic heterocycles. The van der Waals surface area contributed by atoms with Crippen LogP contribution < -0.4 is 4.90 Å². The van der Waals surface area contributed by atoms with E-state index >= 15 is 0 Å². The number of thiophene rings is 1. The smallest absolute Gasteiger partial charge is 0.186 e. The minimum absolute atomic E-state index is 0.0983. The molecule has 0 saturated heterocycles. The maximum atomic E-state index is 9.21. The van der Waals surface area contributed by atoms with Crippen molar-refractivity contribution in [3.63, 3.8) is 0 Å². The van der Waals surface area contributed by atoms with E-state index in [2.05, 4.69) is 21.3 Å². The predicted molar refractivity (Wildman–Crippen MR) is 71.8 cm³/mol. The van der Waals surface area contributed by atoms with E-state index in [1.54, 1.807) is 11.3 Å². The van der Waals surface area contributed by atoms with Crippen molar-refractivity contribution < 1.29 is 5.11 Å². The molecule has 17 heavy (non-hydrogen) atoms. The van der Waals surface area contributed by atoms with Gasteiger partial charge in [0.1, 0.15) is 0 Å². The lowest BCUT2D eigenvalue weighted by Crippen LogP contribution is -2.29. The minimum Gasteiger partial charge on any atom is -0.391 e. The number of hydrogen-bond donors (Lipinski definition) is 1. The molecule has 0 radical (unpaired) electrons. The number of aliphatic hydroxyl groups is 1. The second kappa shape index (κ2) is 4.40. The van der Waals surface area contributed by atoms with Crippen LogP contribution in [0.15, 0.2) is 11.4 Å². The van der Waals surface area contributed by atoms with Crippen LogP contribution in [0.3, 0.4) is 0 Å². The van der Waals surface area contributed by atoms with Crippen molar-refractivity contribution in [2.45, 2.75) is 26.5 Å². The molecule has 0 fully saturated rings. The number of aromatic nitrogens is 1. The fourth-order valence-electron chi connectivity index (χ4n) is 2.11. The Bertz CT molecular complexity index is 532. The topological polar surface area (TPSA) is 36.4 Å². The molecular formula is C12H14N2OS2. The summed E-state index contributed by atoms with van der Waals surface area (Å²) in [5.74, 6) is 0. The Labute approximate surface area is 108 Å². The maximum absolute atomic E-state index is 9.21. The van der Waals surface area contributed by atoms with E-state index in [9.17, 15) is 5.11 Å². The minimum atomic E-state index is 0.0983. The van der Waals surface area contributed by atoms with Crippen LogP contribution in [0.2, 0.25) is 0 Å². The molecule has 5 heteroatoms. The molecule has 0 unspecified atom stereocenters. The Balaban J connectivity index is 1.86. The van der Waals surface area contributed by atoms with Gasteiger partial charge in [0.15, 0.2) is 5.13 Å². The third kappa shape index (κ3) is 1.99. The summed E-state index contributed by atoms with van der Waals surface area (Å²) >= 11 is 3.46. The van der Waals surface area contributed by atoms with Gasteiger partial charge in [-0.2, -0.15) is 0 Å². The maximum Gasteiger partial charge on any atom is 0.186 e. The SMILES string of the molecule is Cc1nc(N2CCc3sccc3C2)sc1CO. The van der Waals surface area contributed by atoms with Gasteiger partial charge >= 0.3 is 0 Å². The lowest BCUT2D eigenvalue weighted by molar-refractivity contribution is 0.284. The average molecular weight is 266 g/mol. The fraction of sp³-hybridized carbons (Fsp3) is 0.417. The highest BCUT2D eigenvalue weighted by Gasteiger charge is 2.20. The second-order valence-corrected chi connectivity index (χ2v) is 6.27. The lowest BCUT2D eigenvalue weighted by atomic mass is 10.1. The normalized spacial score (nSPS) is 15.1. The summed E-state index contributed by atoms with van der Waals surface area (Å²) in [4.78, 5) is 9.36. The molecule has 0 saturated carbocycles. The van der Waals surface area contributed by atoms with Crippen molar-refractivity contribution in [2.24, 2.45) is 0 Å². The number of nitrogens with zero attached hydrogens (tertiary/aromatic N) is 2. The van der Waals surface area contributed by atoms with Crippen LogP contribution in [0.5, 0.6) is 0 Å². The molecular weight excluding hydrogens is 252 g/mol. The highest BCUT2D eigenvalue weighted by Crippen LogP contribution is 2.31. The molecule has 0 aromatic carbocycles. The molecule has 1 aliphatic heterocycles. The van der Waals surface area contributed by atoms with Crippen LogP contribution in [-0.2, 0) is 19.6 Å². The van der Waals surface area contributed by atoms with Crippen molar-refractivity contribution in [1.29, 1.82) is 0 Å². The summed E-state index contributed by atoms with van der Waals surface area (Å²) in [6, 6.07) is 2.21. The van der Waals surface area contributed by atoms with Gasteiger partial charge in [-0.1, -0.05) is 11.3 Å². The number of anilines is 1. The van der Waals surface area contributed by atoms with Crippen LogP contribution in [-0.4, -0.2) is 16.6 Å².